The minimum absolute atomic E-state index is 0.119. The number of nitrogens with zero attached hydrogens (tertiary/aromatic N) is 1. The maximum absolute atomic E-state index is 12.0. The van der Waals surface area contributed by atoms with E-state index < -0.39 is 11.9 Å². The zero-order chi connectivity index (χ0) is 21.5. The molecule has 0 aliphatic heterocycles. The molecule has 0 aromatic heterocycles. The van der Waals surface area contributed by atoms with Gasteiger partial charge in [0, 0.05) is 13.0 Å². The standard InChI is InChI=1S/C20H34N6O3/c21-13-12-17(19(28)26-29)25-18(27)11-3-1-2-7-15-8-4-5-9-16(15)10-6-14-24-20(22)23/h4-5,8-9,17,29H,1-3,6-7,10-14,21H2,(H,25,27)(H,26,28)(H4,22,23,24)/t17-/m1/s1. The van der Waals surface area contributed by atoms with Crippen LogP contribution in [-0.4, -0.2) is 42.1 Å². The first-order chi connectivity index (χ1) is 14.0. The second kappa shape index (κ2) is 14.4. The molecule has 29 heavy (non-hydrogen) atoms. The van der Waals surface area contributed by atoms with Crippen molar-refractivity contribution in [2.45, 2.75) is 57.4 Å². The number of hydroxylamine groups is 1. The Morgan fingerprint density at radius 1 is 1.03 bits per heavy atom. The van der Waals surface area contributed by atoms with Crippen LogP contribution in [0.2, 0.25) is 0 Å². The summed E-state index contributed by atoms with van der Waals surface area (Å²) in [5.41, 5.74) is 20.3. The Morgan fingerprint density at radius 3 is 2.28 bits per heavy atom. The minimum Gasteiger partial charge on any atom is -0.370 e. The van der Waals surface area contributed by atoms with Gasteiger partial charge in [-0.05, 0) is 56.2 Å². The fourth-order valence-corrected chi connectivity index (χ4v) is 3.08. The van der Waals surface area contributed by atoms with Crippen molar-refractivity contribution >= 4 is 17.8 Å². The Labute approximate surface area is 172 Å². The first-order valence-corrected chi connectivity index (χ1v) is 10.0. The van der Waals surface area contributed by atoms with E-state index in [-0.39, 0.29) is 24.8 Å². The highest BCUT2D eigenvalue weighted by molar-refractivity contribution is 5.86. The van der Waals surface area contributed by atoms with Crippen LogP contribution in [0.5, 0.6) is 0 Å². The first-order valence-electron chi connectivity index (χ1n) is 10.0. The normalized spacial score (nSPS) is 11.5. The lowest BCUT2D eigenvalue weighted by Gasteiger charge is -2.15. The molecule has 0 saturated heterocycles. The molecule has 0 bridgehead atoms. The third kappa shape index (κ3) is 10.5. The second-order valence-corrected chi connectivity index (χ2v) is 6.91. The van der Waals surface area contributed by atoms with Crippen molar-refractivity contribution in [1.29, 1.82) is 0 Å². The lowest BCUT2D eigenvalue weighted by atomic mass is 9.98. The van der Waals surface area contributed by atoms with Gasteiger partial charge in [0.15, 0.2) is 5.96 Å². The predicted octanol–water partition coefficient (Wildman–Crippen LogP) is 0.335. The molecule has 0 spiro atoms. The summed E-state index contributed by atoms with van der Waals surface area (Å²) in [5, 5.41) is 11.3. The molecule has 2 amide bonds. The summed E-state index contributed by atoms with van der Waals surface area (Å²) in [6.45, 7) is 0.856. The molecule has 0 aliphatic carbocycles. The van der Waals surface area contributed by atoms with Crippen LogP contribution >= 0.6 is 0 Å². The van der Waals surface area contributed by atoms with Crippen molar-refractivity contribution in [3.8, 4) is 0 Å². The molecule has 0 fully saturated rings. The SMILES string of the molecule is NCC[C@@H](NC(=O)CCCCCc1ccccc1CCCN=C(N)N)C(=O)NO. The van der Waals surface area contributed by atoms with E-state index in [9.17, 15) is 9.59 Å². The van der Waals surface area contributed by atoms with Gasteiger partial charge in [0.05, 0.1) is 0 Å². The van der Waals surface area contributed by atoms with Crippen molar-refractivity contribution < 1.29 is 14.8 Å². The van der Waals surface area contributed by atoms with Crippen LogP contribution in [0.3, 0.4) is 0 Å². The van der Waals surface area contributed by atoms with Gasteiger partial charge < -0.3 is 22.5 Å². The quantitative estimate of drug-likeness (QED) is 0.0855. The van der Waals surface area contributed by atoms with Gasteiger partial charge in [-0.25, -0.2) is 5.48 Å². The molecule has 1 aromatic carbocycles. The number of amides is 2. The van der Waals surface area contributed by atoms with Crippen LogP contribution in [0.4, 0.5) is 0 Å². The van der Waals surface area contributed by atoms with Crippen molar-refractivity contribution in [2.24, 2.45) is 22.2 Å². The Bertz CT molecular complexity index is 661. The van der Waals surface area contributed by atoms with E-state index in [1.165, 1.54) is 11.1 Å². The highest BCUT2D eigenvalue weighted by Crippen LogP contribution is 2.15. The molecule has 0 heterocycles. The monoisotopic (exact) mass is 406 g/mol. The number of nitrogens with one attached hydrogen (secondary N) is 2. The molecule has 9 nitrogen and oxygen atoms in total. The summed E-state index contributed by atoms with van der Waals surface area (Å²) in [4.78, 5) is 27.5. The average molecular weight is 407 g/mol. The lowest BCUT2D eigenvalue weighted by molar-refractivity contribution is -0.134. The van der Waals surface area contributed by atoms with Gasteiger partial charge in [0.2, 0.25) is 5.91 Å². The van der Waals surface area contributed by atoms with Crippen LogP contribution in [0.1, 0.15) is 49.7 Å². The van der Waals surface area contributed by atoms with Gasteiger partial charge in [0.25, 0.3) is 5.91 Å². The van der Waals surface area contributed by atoms with Crippen molar-refractivity contribution in [2.75, 3.05) is 13.1 Å². The number of benzene rings is 1. The van der Waals surface area contributed by atoms with E-state index in [0.29, 0.717) is 13.0 Å². The molecule has 0 saturated carbocycles. The molecule has 0 aliphatic rings. The van der Waals surface area contributed by atoms with E-state index in [4.69, 9.17) is 22.4 Å². The highest BCUT2D eigenvalue weighted by Gasteiger charge is 2.19. The molecule has 0 unspecified atom stereocenters. The molecule has 1 atom stereocenters. The van der Waals surface area contributed by atoms with Crippen molar-refractivity contribution in [3.05, 3.63) is 35.4 Å². The van der Waals surface area contributed by atoms with Gasteiger partial charge in [-0.15, -0.1) is 0 Å². The number of hydrogen-bond acceptors (Lipinski definition) is 5. The number of carbonyl (C=O) groups is 2. The van der Waals surface area contributed by atoms with Gasteiger partial charge in [0.1, 0.15) is 6.04 Å². The Morgan fingerprint density at radius 2 is 1.69 bits per heavy atom. The van der Waals surface area contributed by atoms with E-state index in [2.05, 4.69) is 22.4 Å². The number of aliphatic imine (C=N–C) groups is 1. The van der Waals surface area contributed by atoms with Crippen LogP contribution in [-0.2, 0) is 22.4 Å². The molecule has 162 valence electrons. The summed E-state index contributed by atoms with van der Waals surface area (Å²) >= 11 is 0. The summed E-state index contributed by atoms with van der Waals surface area (Å²) in [5.74, 6) is -0.749. The zero-order valence-corrected chi connectivity index (χ0v) is 16.9. The molecule has 9 N–H and O–H groups in total. The molecular weight excluding hydrogens is 372 g/mol. The Balaban J connectivity index is 2.33. The lowest BCUT2D eigenvalue weighted by Crippen LogP contribution is -2.46. The smallest absolute Gasteiger partial charge is 0.265 e. The average Bonchev–Trinajstić information content (AvgIpc) is 2.70. The number of carbonyl (C=O) groups excluding carboxylic acids is 2. The van der Waals surface area contributed by atoms with Crippen LogP contribution in [0.15, 0.2) is 29.3 Å². The number of aryl methyl sites for hydroxylation is 2. The fraction of sp³-hybridized carbons (Fsp3) is 0.550. The van der Waals surface area contributed by atoms with Crippen molar-refractivity contribution in [1.82, 2.24) is 10.8 Å². The van der Waals surface area contributed by atoms with Crippen molar-refractivity contribution in [3.63, 3.8) is 0 Å². The topological polar surface area (TPSA) is 169 Å². The summed E-state index contributed by atoms with van der Waals surface area (Å²) < 4.78 is 0. The molecule has 1 aromatic rings. The maximum Gasteiger partial charge on any atom is 0.265 e. The molecule has 0 radical (unpaired) electrons. The number of guanidine groups is 1. The number of rotatable bonds is 14. The Hall–Kier alpha value is -2.65. The predicted molar refractivity (Wildman–Crippen MR) is 113 cm³/mol. The molecular formula is C20H34N6O3. The maximum atomic E-state index is 12.0. The fourth-order valence-electron chi connectivity index (χ4n) is 3.08. The third-order valence-corrected chi connectivity index (χ3v) is 4.58. The zero-order valence-electron chi connectivity index (χ0n) is 16.9. The highest BCUT2D eigenvalue weighted by atomic mass is 16.5. The van der Waals surface area contributed by atoms with E-state index in [0.717, 1.165) is 38.5 Å². The van der Waals surface area contributed by atoms with Gasteiger partial charge >= 0.3 is 0 Å². The summed E-state index contributed by atoms with van der Waals surface area (Å²) in [7, 11) is 0. The van der Waals surface area contributed by atoms with Crippen LogP contribution in [0.25, 0.3) is 0 Å². The molecule has 1 rings (SSSR count). The summed E-state index contributed by atoms with van der Waals surface area (Å²) in [6.07, 6.45) is 5.98. The van der Waals surface area contributed by atoms with Crippen LogP contribution < -0.4 is 28.0 Å². The largest absolute Gasteiger partial charge is 0.370 e. The summed E-state index contributed by atoms with van der Waals surface area (Å²) in [6, 6.07) is 7.52. The van der Waals surface area contributed by atoms with Crippen LogP contribution in [0, 0.1) is 0 Å². The van der Waals surface area contributed by atoms with E-state index in [1.54, 1.807) is 5.48 Å². The number of nitrogens with two attached hydrogens (primary N) is 3. The van der Waals surface area contributed by atoms with E-state index >= 15 is 0 Å². The van der Waals surface area contributed by atoms with Gasteiger partial charge in [-0.2, -0.15) is 0 Å². The van der Waals surface area contributed by atoms with Gasteiger partial charge in [-0.3, -0.25) is 19.8 Å². The van der Waals surface area contributed by atoms with Gasteiger partial charge in [-0.1, -0.05) is 30.7 Å². The minimum atomic E-state index is -0.802. The first kappa shape index (κ1) is 24.4. The second-order valence-electron chi connectivity index (χ2n) is 6.91. The molecule has 9 heteroatoms. The van der Waals surface area contributed by atoms with E-state index in [1.807, 2.05) is 12.1 Å². The third-order valence-electron chi connectivity index (χ3n) is 4.58. The Kier molecular flexibility index (Phi) is 12.1. The number of unbranched alkanes of at least 4 members (excludes halogenated alkanes) is 2. The number of hydrogen-bond donors (Lipinski definition) is 6.